The summed E-state index contributed by atoms with van der Waals surface area (Å²) in [7, 11) is 0. The van der Waals surface area contributed by atoms with E-state index >= 15 is 0 Å². The summed E-state index contributed by atoms with van der Waals surface area (Å²) in [6.07, 6.45) is 6.35. The van der Waals surface area contributed by atoms with E-state index in [1.54, 1.807) is 0 Å². The molecule has 2 unspecified atom stereocenters. The minimum absolute atomic E-state index is 0.0169. The van der Waals surface area contributed by atoms with Gasteiger partial charge in [-0.15, -0.1) is 0 Å². The average molecular weight is 344 g/mol. The van der Waals surface area contributed by atoms with E-state index in [1.807, 2.05) is 31.2 Å². The van der Waals surface area contributed by atoms with Crippen LogP contribution in [0.1, 0.15) is 44.1 Å². The molecule has 2 aliphatic carbocycles. The highest BCUT2D eigenvalue weighted by Crippen LogP contribution is 2.27. The number of rotatable bonds is 5. The molecule has 0 bridgehead atoms. The van der Waals surface area contributed by atoms with Crippen LogP contribution < -0.4 is 21.3 Å². The van der Waals surface area contributed by atoms with Crippen LogP contribution in [0.5, 0.6) is 0 Å². The molecule has 1 aromatic rings. The van der Waals surface area contributed by atoms with Gasteiger partial charge in [-0.05, 0) is 50.7 Å². The van der Waals surface area contributed by atoms with Crippen molar-refractivity contribution in [3.05, 3.63) is 29.8 Å². The summed E-state index contributed by atoms with van der Waals surface area (Å²) in [6.45, 7) is 2.76. The number of carbonyl (C=O) groups excluding carboxylic acids is 2. The van der Waals surface area contributed by atoms with Gasteiger partial charge in [0.15, 0.2) is 0 Å². The highest BCUT2D eigenvalue weighted by molar-refractivity contribution is 5.89. The second-order valence-corrected chi connectivity index (χ2v) is 7.26. The number of urea groups is 2. The van der Waals surface area contributed by atoms with Crippen LogP contribution >= 0.6 is 0 Å². The minimum Gasteiger partial charge on any atom is -0.338 e. The maximum absolute atomic E-state index is 12.3. The Labute approximate surface area is 149 Å². The molecule has 6 nitrogen and oxygen atoms in total. The first kappa shape index (κ1) is 17.6. The Kier molecular flexibility index (Phi) is 5.79. The summed E-state index contributed by atoms with van der Waals surface area (Å²) in [5, 5.41) is 11.9. The number of amides is 4. The first-order valence-corrected chi connectivity index (χ1v) is 9.29. The van der Waals surface area contributed by atoms with Gasteiger partial charge in [-0.1, -0.05) is 30.5 Å². The van der Waals surface area contributed by atoms with Gasteiger partial charge in [-0.25, -0.2) is 9.59 Å². The molecular formula is C19H28N4O2. The molecule has 4 N–H and O–H groups in total. The summed E-state index contributed by atoms with van der Waals surface area (Å²) >= 11 is 0. The highest BCUT2D eigenvalue weighted by atomic mass is 16.2. The lowest BCUT2D eigenvalue weighted by Gasteiger charge is -2.32. The molecule has 2 aliphatic rings. The largest absolute Gasteiger partial charge is 0.338 e. The van der Waals surface area contributed by atoms with E-state index in [4.69, 9.17) is 0 Å². The fourth-order valence-electron chi connectivity index (χ4n) is 3.23. The Morgan fingerprint density at radius 3 is 2.12 bits per heavy atom. The van der Waals surface area contributed by atoms with Gasteiger partial charge >= 0.3 is 12.1 Å². The van der Waals surface area contributed by atoms with E-state index in [-0.39, 0.29) is 24.1 Å². The fourth-order valence-corrected chi connectivity index (χ4v) is 3.23. The number of carbonyl (C=O) groups is 2. The van der Waals surface area contributed by atoms with Crippen molar-refractivity contribution in [1.82, 2.24) is 16.0 Å². The van der Waals surface area contributed by atoms with Gasteiger partial charge in [-0.3, -0.25) is 0 Å². The third kappa shape index (κ3) is 5.66. The Balaban J connectivity index is 1.48. The van der Waals surface area contributed by atoms with Crippen molar-refractivity contribution < 1.29 is 9.59 Å². The maximum atomic E-state index is 12.3. The van der Waals surface area contributed by atoms with Gasteiger partial charge in [0.25, 0.3) is 0 Å². The van der Waals surface area contributed by atoms with Crippen molar-refractivity contribution in [2.75, 3.05) is 11.9 Å². The zero-order chi connectivity index (χ0) is 17.6. The van der Waals surface area contributed by atoms with Gasteiger partial charge < -0.3 is 21.3 Å². The van der Waals surface area contributed by atoms with Crippen molar-refractivity contribution in [3.8, 4) is 0 Å². The van der Waals surface area contributed by atoms with Crippen LogP contribution in [-0.2, 0) is 0 Å². The fraction of sp³-hybridized carbons (Fsp3) is 0.579. The van der Waals surface area contributed by atoms with Gasteiger partial charge in [-0.2, -0.15) is 0 Å². The second-order valence-electron chi connectivity index (χ2n) is 7.26. The smallest absolute Gasteiger partial charge is 0.319 e. The van der Waals surface area contributed by atoms with Crippen LogP contribution in [0.15, 0.2) is 24.3 Å². The molecule has 25 heavy (non-hydrogen) atoms. The molecule has 4 amide bonds. The third-order valence-electron chi connectivity index (χ3n) is 4.96. The second kappa shape index (κ2) is 8.23. The zero-order valence-electron chi connectivity index (χ0n) is 14.8. The SMILES string of the molecule is Cc1ccc(NC(=O)NC2CCCCC2NC(=O)NCC2CC2)cc1. The van der Waals surface area contributed by atoms with Gasteiger partial charge in [0.2, 0.25) is 0 Å². The molecule has 2 fully saturated rings. The molecule has 0 aromatic heterocycles. The number of benzene rings is 1. The molecule has 1 aromatic carbocycles. The zero-order valence-corrected chi connectivity index (χ0v) is 14.8. The molecule has 0 heterocycles. The van der Waals surface area contributed by atoms with E-state index in [2.05, 4.69) is 21.3 Å². The predicted octanol–water partition coefficient (Wildman–Crippen LogP) is 3.14. The Morgan fingerprint density at radius 1 is 0.920 bits per heavy atom. The summed E-state index contributed by atoms with van der Waals surface area (Å²) in [6, 6.07) is 7.30. The minimum atomic E-state index is -0.221. The van der Waals surface area contributed by atoms with Gasteiger partial charge in [0.1, 0.15) is 0 Å². The lowest BCUT2D eigenvalue weighted by molar-refractivity contribution is 0.218. The molecule has 3 rings (SSSR count). The van der Waals surface area contributed by atoms with Crippen LogP contribution in [0, 0.1) is 12.8 Å². The Morgan fingerprint density at radius 2 is 1.52 bits per heavy atom. The van der Waals surface area contributed by atoms with Crippen LogP contribution in [0.25, 0.3) is 0 Å². The summed E-state index contributed by atoms with van der Waals surface area (Å²) in [5.41, 5.74) is 1.92. The monoisotopic (exact) mass is 344 g/mol. The Bertz CT molecular complexity index is 598. The van der Waals surface area contributed by atoms with E-state index in [9.17, 15) is 9.59 Å². The third-order valence-corrected chi connectivity index (χ3v) is 4.96. The average Bonchev–Trinajstić information content (AvgIpc) is 3.41. The van der Waals surface area contributed by atoms with Gasteiger partial charge in [0, 0.05) is 12.2 Å². The van der Waals surface area contributed by atoms with Crippen LogP contribution in [0.2, 0.25) is 0 Å². The first-order chi connectivity index (χ1) is 12.1. The lowest BCUT2D eigenvalue weighted by Crippen LogP contribution is -2.55. The summed E-state index contributed by atoms with van der Waals surface area (Å²) < 4.78 is 0. The molecule has 2 saturated carbocycles. The highest BCUT2D eigenvalue weighted by Gasteiger charge is 2.28. The molecule has 0 saturated heterocycles. The molecule has 6 heteroatoms. The number of anilines is 1. The normalized spacial score (nSPS) is 22.8. The van der Waals surface area contributed by atoms with Crippen LogP contribution in [0.3, 0.4) is 0 Å². The lowest BCUT2D eigenvalue weighted by atomic mass is 9.90. The van der Waals surface area contributed by atoms with E-state index in [0.717, 1.165) is 43.5 Å². The van der Waals surface area contributed by atoms with E-state index in [0.29, 0.717) is 5.92 Å². The molecule has 0 spiro atoms. The van der Waals surface area contributed by atoms with Crippen LogP contribution in [-0.4, -0.2) is 30.7 Å². The molecule has 136 valence electrons. The number of aryl methyl sites for hydroxylation is 1. The molecule has 2 atom stereocenters. The van der Waals surface area contributed by atoms with Crippen molar-refractivity contribution in [3.63, 3.8) is 0 Å². The molecule has 0 radical (unpaired) electrons. The van der Waals surface area contributed by atoms with E-state index in [1.165, 1.54) is 12.8 Å². The first-order valence-electron chi connectivity index (χ1n) is 9.29. The standard InChI is InChI=1S/C19H28N4O2/c1-13-6-10-15(11-7-13)21-19(25)23-17-5-3-2-4-16(17)22-18(24)20-12-14-8-9-14/h6-7,10-11,14,16-17H,2-5,8-9,12H2,1H3,(H2,20,22,24)(H2,21,23,25). The van der Waals surface area contributed by atoms with Crippen molar-refractivity contribution in [2.24, 2.45) is 5.92 Å². The van der Waals surface area contributed by atoms with Crippen molar-refractivity contribution in [1.29, 1.82) is 0 Å². The topological polar surface area (TPSA) is 82.3 Å². The molecule has 0 aliphatic heterocycles. The van der Waals surface area contributed by atoms with Crippen molar-refractivity contribution >= 4 is 17.7 Å². The van der Waals surface area contributed by atoms with Crippen LogP contribution in [0.4, 0.5) is 15.3 Å². The van der Waals surface area contributed by atoms with Gasteiger partial charge in [0.05, 0.1) is 12.1 Å². The van der Waals surface area contributed by atoms with Crippen molar-refractivity contribution in [2.45, 2.75) is 57.5 Å². The van der Waals surface area contributed by atoms with E-state index < -0.39 is 0 Å². The number of nitrogens with one attached hydrogen (secondary N) is 4. The maximum Gasteiger partial charge on any atom is 0.319 e. The quantitative estimate of drug-likeness (QED) is 0.662. The summed E-state index contributed by atoms with van der Waals surface area (Å²) in [5.74, 6) is 0.659. The molecular weight excluding hydrogens is 316 g/mol. The predicted molar refractivity (Wildman–Crippen MR) is 98.6 cm³/mol. The number of hydrogen-bond donors (Lipinski definition) is 4. The Hall–Kier alpha value is -2.24. The summed E-state index contributed by atoms with van der Waals surface area (Å²) in [4.78, 5) is 24.3. The number of hydrogen-bond acceptors (Lipinski definition) is 2.